The number of hydrogen-bond acceptors (Lipinski definition) is 3. The fourth-order valence-electron chi connectivity index (χ4n) is 1.32. The molecule has 0 radical (unpaired) electrons. The summed E-state index contributed by atoms with van der Waals surface area (Å²) in [6.45, 7) is 6.34. The van der Waals surface area contributed by atoms with Crippen molar-refractivity contribution in [3.05, 3.63) is 12.7 Å². The number of aliphatic hydroxyl groups is 1. The topological polar surface area (TPSA) is 50.9 Å². The summed E-state index contributed by atoms with van der Waals surface area (Å²) < 4.78 is 1.63. The van der Waals surface area contributed by atoms with Gasteiger partial charge in [0.05, 0.1) is 12.1 Å². The first-order chi connectivity index (χ1) is 7.39. The van der Waals surface area contributed by atoms with Gasteiger partial charge in [-0.1, -0.05) is 26.7 Å². The molecule has 1 N–H and O–H groups in total. The van der Waals surface area contributed by atoms with E-state index in [1.54, 1.807) is 11.0 Å². The third-order valence-corrected chi connectivity index (χ3v) is 3.01. The minimum Gasteiger partial charge on any atom is -0.386 e. The highest BCUT2D eigenvalue weighted by atomic mass is 79.9. The zero-order valence-corrected chi connectivity index (χ0v) is 11.3. The number of rotatable bonds is 3. The van der Waals surface area contributed by atoms with E-state index in [1.807, 2.05) is 20.8 Å². The Kier molecular flexibility index (Phi) is 4.11. The first kappa shape index (κ1) is 13.2. The molecule has 1 unspecified atom stereocenters. The summed E-state index contributed by atoms with van der Waals surface area (Å²) in [6, 6.07) is 0. The quantitative estimate of drug-likeness (QED) is 0.862. The van der Waals surface area contributed by atoms with Crippen molar-refractivity contribution in [2.75, 3.05) is 0 Å². The molecular weight excluding hydrogens is 270 g/mol. The van der Waals surface area contributed by atoms with Crippen LogP contribution in [0.5, 0.6) is 0 Å². The van der Waals surface area contributed by atoms with E-state index in [1.165, 1.54) is 6.33 Å². The molecule has 1 aromatic rings. The van der Waals surface area contributed by atoms with Crippen LogP contribution >= 0.6 is 15.9 Å². The summed E-state index contributed by atoms with van der Waals surface area (Å²) in [6.07, 6.45) is 3.44. The van der Waals surface area contributed by atoms with Crippen LogP contribution in [0.3, 0.4) is 0 Å². The van der Waals surface area contributed by atoms with E-state index < -0.39 is 5.60 Å². The first-order valence-corrected chi connectivity index (χ1v) is 5.82. The van der Waals surface area contributed by atoms with Gasteiger partial charge in [-0.3, -0.25) is 4.68 Å². The Morgan fingerprint density at radius 2 is 2.12 bits per heavy atom. The number of nitrogens with zero attached hydrogens (tertiary/aromatic N) is 3. The molecule has 0 saturated carbocycles. The van der Waals surface area contributed by atoms with Crippen LogP contribution in [0.15, 0.2) is 12.7 Å². The van der Waals surface area contributed by atoms with Crippen molar-refractivity contribution in [3.63, 3.8) is 0 Å². The van der Waals surface area contributed by atoms with Gasteiger partial charge in [0.2, 0.25) is 0 Å². The Balaban J connectivity index is 2.90. The molecule has 1 rings (SSSR count). The minimum atomic E-state index is -0.929. The van der Waals surface area contributed by atoms with E-state index in [2.05, 4.69) is 36.8 Å². The molecule has 0 fully saturated rings. The maximum atomic E-state index is 10.6. The van der Waals surface area contributed by atoms with Gasteiger partial charge in [-0.25, -0.2) is 4.98 Å². The second kappa shape index (κ2) is 4.98. The average molecular weight is 286 g/mol. The number of hydrogen-bond donors (Lipinski definition) is 1. The molecule has 1 atom stereocenters. The fraction of sp³-hybridized carbons (Fsp3) is 0.636. The molecule has 1 aromatic heterocycles. The molecule has 0 saturated heterocycles. The Morgan fingerprint density at radius 1 is 1.44 bits per heavy atom. The third-order valence-electron chi connectivity index (χ3n) is 2.73. The van der Waals surface area contributed by atoms with Gasteiger partial charge in [-0.2, -0.15) is 5.10 Å². The van der Waals surface area contributed by atoms with Crippen molar-refractivity contribution in [2.24, 2.45) is 5.41 Å². The van der Waals surface area contributed by atoms with Crippen LogP contribution in [0, 0.1) is 16.2 Å². The van der Waals surface area contributed by atoms with Crippen LogP contribution in [0.25, 0.3) is 0 Å². The summed E-state index contributed by atoms with van der Waals surface area (Å²) in [5.74, 6) is 2.86. The standard InChI is InChI=1S/C11H16BrN3O/c1-10(2,3)11(16,5-4-6-12)7-15-9-13-8-14-15/h8-9,16H,5,7H2,1-3H3. The van der Waals surface area contributed by atoms with Crippen LogP contribution in [0.2, 0.25) is 0 Å². The average Bonchev–Trinajstić information content (AvgIpc) is 2.65. The highest BCUT2D eigenvalue weighted by Crippen LogP contribution is 2.34. The number of aromatic nitrogens is 3. The van der Waals surface area contributed by atoms with E-state index >= 15 is 0 Å². The lowest BCUT2D eigenvalue weighted by Crippen LogP contribution is -2.46. The minimum absolute atomic E-state index is 0.282. The molecule has 0 aliphatic carbocycles. The summed E-state index contributed by atoms with van der Waals surface area (Å²) in [5.41, 5.74) is -1.21. The van der Waals surface area contributed by atoms with E-state index in [-0.39, 0.29) is 5.41 Å². The molecule has 5 heteroatoms. The van der Waals surface area contributed by atoms with Crippen LogP contribution in [-0.4, -0.2) is 25.5 Å². The Labute approximate surface area is 104 Å². The largest absolute Gasteiger partial charge is 0.386 e. The molecule has 1 heterocycles. The fourth-order valence-corrected chi connectivity index (χ4v) is 1.46. The summed E-state index contributed by atoms with van der Waals surface area (Å²) in [7, 11) is 0. The van der Waals surface area contributed by atoms with Gasteiger partial charge in [0, 0.05) is 22.4 Å². The lowest BCUT2D eigenvalue weighted by Gasteiger charge is -2.38. The number of halogens is 1. The maximum Gasteiger partial charge on any atom is 0.137 e. The van der Waals surface area contributed by atoms with Crippen LogP contribution < -0.4 is 0 Å². The Hall–Kier alpha value is -0.860. The maximum absolute atomic E-state index is 10.6. The molecule has 88 valence electrons. The zero-order valence-electron chi connectivity index (χ0n) is 9.74. The molecule has 16 heavy (non-hydrogen) atoms. The van der Waals surface area contributed by atoms with Gasteiger partial charge >= 0.3 is 0 Å². The lowest BCUT2D eigenvalue weighted by molar-refractivity contribution is -0.0692. The third kappa shape index (κ3) is 3.06. The highest BCUT2D eigenvalue weighted by molar-refractivity contribution is 9.12. The van der Waals surface area contributed by atoms with E-state index in [0.717, 1.165) is 0 Å². The predicted octanol–water partition coefficient (Wildman–Crippen LogP) is 1.80. The van der Waals surface area contributed by atoms with E-state index in [4.69, 9.17) is 0 Å². The molecule has 0 aromatic carbocycles. The smallest absolute Gasteiger partial charge is 0.137 e. The van der Waals surface area contributed by atoms with Gasteiger partial charge in [0.25, 0.3) is 0 Å². The van der Waals surface area contributed by atoms with Crippen LogP contribution in [0.4, 0.5) is 0 Å². The van der Waals surface area contributed by atoms with Crippen molar-refractivity contribution in [1.29, 1.82) is 0 Å². The molecule has 0 spiro atoms. The van der Waals surface area contributed by atoms with Crippen LogP contribution in [-0.2, 0) is 6.54 Å². The monoisotopic (exact) mass is 285 g/mol. The second-order valence-corrected chi connectivity index (χ2v) is 5.22. The lowest BCUT2D eigenvalue weighted by atomic mass is 9.74. The zero-order chi connectivity index (χ0) is 12.2. The summed E-state index contributed by atoms with van der Waals surface area (Å²) in [5, 5.41) is 14.6. The Bertz CT molecular complexity index is 386. The van der Waals surface area contributed by atoms with E-state index in [9.17, 15) is 5.11 Å². The predicted molar refractivity (Wildman–Crippen MR) is 65.7 cm³/mol. The van der Waals surface area contributed by atoms with Crippen molar-refractivity contribution < 1.29 is 5.11 Å². The molecular formula is C11H16BrN3O. The SMILES string of the molecule is CC(C)(C)C(O)(CC#CBr)Cn1cncn1. The van der Waals surface area contributed by atoms with Crippen molar-refractivity contribution >= 4 is 15.9 Å². The molecule has 0 amide bonds. The van der Waals surface area contributed by atoms with Gasteiger partial charge < -0.3 is 5.11 Å². The van der Waals surface area contributed by atoms with Gasteiger partial charge in [0.1, 0.15) is 12.7 Å². The van der Waals surface area contributed by atoms with Gasteiger partial charge in [0.15, 0.2) is 0 Å². The van der Waals surface area contributed by atoms with Crippen molar-refractivity contribution in [3.8, 4) is 10.8 Å². The van der Waals surface area contributed by atoms with Crippen LogP contribution in [0.1, 0.15) is 27.2 Å². The normalized spacial score (nSPS) is 15.1. The second-order valence-electron chi connectivity index (χ2n) is 4.82. The molecule has 0 aliphatic rings. The molecule has 0 aliphatic heterocycles. The first-order valence-electron chi connectivity index (χ1n) is 5.02. The summed E-state index contributed by atoms with van der Waals surface area (Å²) in [4.78, 5) is 6.50. The van der Waals surface area contributed by atoms with Crippen molar-refractivity contribution in [2.45, 2.75) is 39.3 Å². The Morgan fingerprint density at radius 3 is 2.56 bits per heavy atom. The highest BCUT2D eigenvalue weighted by Gasteiger charge is 2.40. The van der Waals surface area contributed by atoms with E-state index in [0.29, 0.717) is 13.0 Å². The van der Waals surface area contributed by atoms with Gasteiger partial charge in [-0.15, -0.1) is 0 Å². The molecule has 0 bridgehead atoms. The van der Waals surface area contributed by atoms with Crippen molar-refractivity contribution in [1.82, 2.24) is 14.8 Å². The van der Waals surface area contributed by atoms with Gasteiger partial charge in [-0.05, 0) is 10.2 Å². The summed E-state index contributed by atoms with van der Waals surface area (Å²) >= 11 is 3.04. The molecule has 4 nitrogen and oxygen atoms in total.